The Morgan fingerprint density at radius 3 is 2.75 bits per heavy atom. The standard InChI is InChI=1S/C14H11N3O3/c18-13(8-17-9-14(19)20-16-17)15-12-6-5-10-3-1-2-4-11(10)7-12/h1-7,9H,8H2,(H-,15,16,18,19)/p+1. The second-order valence-corrected chi connectivity index (χ2v) is 4.38. The minimum Gasteiger partial charge on any atom is -0.320 e. The van der Waals surface area contributed by atoms with E-state index in [-0.39, 0.29) is 12.5 Å². The Balaban J connectivity index is 1.75. The van der Waals surface area contributed by atoms with Gasteiger partial charge in [-0.2, -0.15) is 0 Å². The van der Waals surface area contributed by atoms with Crippen LogP contribution in [0.3, 0.4) is 0 Å². The van der Waals surface area contributed by atoms with Crippen molar-refractivity contribution in [2.24, 2.45) is 0 Å². The molecule has 0 spiro atoms. The summed E-state index contributed by atoms with van der Waals surface area (Å²) >= 11 is 0. The molecule has 0 saturated carbocycles. The summed E-state index contributed by atoms with van der Waals surface area (Å²) in [6.07, 6.45) is 1.18. The van der Waals surface area contributed by atoms with Crippen LogP contribution in [0.4, 0.5) is 5.69 Å². The Morgan fingerprint density at radius 2 is 2.00 bits per heavy atom. The first-order valence-electron chi connectivity index (χ1n) is 6.07. The molecule has 0 radical (unpaired) electrons. The number of nitrogens with one attached hydrogen (secondary N) is 2. The Kier molecular flexibility index (Phi) is 3.04. The number of aromatic amines is 1. The number of aromatic nitrogens is 2. The Morgan fingerprint density at radius 1 is 1.20 bits per heavy atom. The molecule has 3 rings (SSSR count). The molecule has 0 aliphatic rings. The van der Waals surface area contributed by atoms with Gasteiger partial charge in [-0.1, -0.05) is 35.0 Å². The number of anilines is 1. The predicted molar refractivity (Wildman–Crippen MR) is 72.1 cm³/mol. The van der Waals surface area contributed by atoms with E-state index in [1.165, 1.54) is 10.9 Å². The minimum absolute atomic E-state index is 0.0153. The van der Waals surface area contributed by atoms with Gasteiger partial charge in [0.2, 0.25) is 0 Å². The highest BCUT2D eigenvalue weighted by atomic mass is 16.5. The fraction of sp³-hybridized carbons (Fsp3) is 0.0714. The van der Waals surface area contributed by atoms with Crippen LogP contribution in [-0.4, -0.2) is 11.2 Å². The van der Waals surface area contributed by atoms with Gasteiger partial charge in [-0.05, 0) is 28.2 Å². The van der Waals surface area contributed by atoms with Crippen LogP contribution in [0.5, 0.6) is 0 Å². The number of carbonyl (C=O) groups excluding carboxylic acids is 1. The van der Waals surface area contributed by atoms with E-state index in [1.54, 1.807) is 0 Å². The normalized spacial score (nSPS) is 10.6. The van der Waals surface area contributed by atoms with Gasteiger partial charge in [-0.3, -0.25) is 9.32 Å². The summed E-state index contributed by atoms with van der Waals surface area (Å²) in [6, 6.07) is 13.6. The average Bonchev–Trinajstić information content (AvgIpc) is 2.83. The Hall–Kier alpha value is -2.89. The molecule has 2 aromatic carbocycles. The number of rotatable bonds is 3. The molecule has 1 aromatic heterocycles. The third-order valence-corrected chi connectivity index (χ3v) is 2.87. The van der Waals surface area contributed by atoms with E-state index in [4.69, 9.17) is 0 Å². The zero-order valence-electron chi connectivity index (χ0n) is 10.5. The van der Waals surface area contributed by atoms with Gasteiger partial charge >= 0.3 is 5.63 Å². The van der Waals surface area contributed by atoms with E-state index >= 15 is 0 Å². The van der Waals surface area contributed by atoms with Crippen LogP contribution in [0.15, 0.2) is 58.0 Å². The fourth-order valence-corrected chi connectivity index (χ4v) is 1.98. The molecule has 0 atom stereocenters. The number of fused-ring (bicyclic) bond motifs is 1. The van der Waals surface area contributed by atoms with E-state index in [0.29, 0.717) is 5.69 Å². The van der Waals surface area contributed by atoms with Gasteiger partial charge in [0.05, 0.1) is 0 Å². The molecular formula is C14H12N3O3+. The second-order valence-electron chi connectivity index (χ2n) is 4.38. The van der Waals surface area contributed by atoms with Crippen molar-refractivity contribution in [2.45, 2.75) is 6.54 Å². The molecule has 6 heteroatoms. The molecule has 0 aliphatic carbocycles. The lowest BCUT2D eigenvalue weighted by atomic mass is 10.1. The van der Waals surface area contributed by atoms with Crippen molar-refractivity contribution >= 4 is 22.4 Å². The first-order valence-corrected chi connectivity index (χ1v) is 6.07. The zero-order chi connectivity index (χ0) is 13.9. The summed E-state index contributed by atoms with van der Waals surface area (Å²) in [4.78, 5) is 22.7. The van der Waals surface area contributed by atoms with Crippen LogP contribution >= 0.6 is 0 Å². The molecule has 0 saturated heterocycles. The maximum absolute atomic E-state index is 11.8. The SMILES string of the molecule is O=C(C[n+]1cc(=O)o[nH]1)Nc1ccc2ccccc2c1. The van der Waals surface area contributed by atoms with Crippen LogP contribution < -0.4 is 15.6 Å². The molecule has 6 nitrogen and oxygen atoms in total. The van der Waals surface area contributed by atoms with Gasteiger partial charge < -0.3 is 5.32 Å². The Bertz CT molecular complexity index is 819. The highest BCUT2D eigenvalue weighted by Gasteiger charge is 2.13. The molecule has 100 valence electrons. The van der Waals surface area contributed by atoms with Crippen LogP contribution in [0.1, 0.15) is 0 Å². The molecule has 20 heavy (non-hydrogen) atoms. The van der Waals surface area contributed by atoms with E-state index in [0.717, 1.165) is 10.8 Å². The number of hydrogen-bond acceptors (Lipinski definition) is 3. The first-order chi connectivity index (χ1) is 9.70. The van der Waals surface area contributed by atoms with Gasteiger partial charge in [0, 0.05) is 5.69 Å². The maximum Gasteiger partial charge on any atom is 0.426 e. The quantitative estimate of drug-likeness (QED) is 0.698. The van der Waals surface area contributed by atoms with Gasteiger partial charge in [-0.25, -0.2) is 4.79 Å². The van der Waals surface area contributed by atoms with Crippen molar-refractivity contribution in [3.8, 4) is 0 Å². The molecular weight excluding hydrogens is 258 g/mol. The summed E-state index contributed by atoms with van der Waals surface area (Å²) in [5.74, 6) is -0.248. The largest absolute Gasteiger partial charge is 0.426 e. The minimum atomic E-state index is -0.525. The third-order valence-electron chi connectivity index (χ3n) is 2.87. The van der Waals surface area contributed by atoms with E-state index in [1.807, 2.05) is 42.5 Å². The van der Waals surface area contributed by atoms with Crippen molar-refractivity contribution in [2.75, 3.05) is 5.32 Å². The number of benzene rings is 2. The number of hydrogen-bond donors (Lipinski definition) is 2. The maximum atomic E-state index is 11.8. The number of H-pyrrole nitrogens is 1. The average molecular weight is 270 g/mol. The monoisotopic (exact) mass is 270 g/mol. The van der Waals surface area contributed by atoms with Crippen molar-refractivity contribution in [1.82, 2.24) is 5.27 Å². The predicted octanol–water partition coefficient (Wildman–Crippen LogP) is 1.05. The molecule has 0 unspecified atom stereocenters. The highest BCUT2D eigenvalue weighted by Crippen LogP contribution is 2.18. The fourth-order valence-electron chi connectivity index (χ4n) is 1.98. The molecule has 1 amide bonds. The Labute approximate surface area is 113 Å². The van der Waals surface area contributed by atoms with Crippen LogP contribution in [0.25, 0.3) is 10.8 Å². The molecule has 1 heterocycles. The van der Waals surface area contributed by atoms with Crippen molar-refractivity contribution in [1.29, 1.82) is 0 Å². The van der Waals surface area contributed by atoms with Crippen molar-refractivity contribution < 1.29 is 14.0 Å². The van der Waals surface area contributed by atoms with E-state index < -0.39 is 5.63 Å². The number of nitrogens with zero attached hydrogens (tertiary/aromatic N) is 1. The van der Waals surface area contributed by atoms with Crippen LogP contribution in [0, 0.1) is 0 Å². The van der Waals surface area contributed by atoms with Gasteiger partial charge in [0.15, 0.2) is 0 Å². The summed E-state index contributed by atoms with van der Waals surface area (Å²) < 4.78 is 5.75. The van der Waals surface area contributed by atoms with Gasteiger partial charge in [0.25, 0.3) is 18.6 Å². The molecule has 0 fully saturated rings. The lowest BCUT2D eigenvalue weighted by Crippen LogP contribution is -2.41. The van der Waals surface area contributed by atoms with Gasteiger partial charge in [0.1, 0.15) is 0 Å². The molecule has 0 aliphatic heterocycles. The third kappa shape index (κ3) is 2.59. The number of amides is 1. The molecule has 0 bridgehead atoms. The van der Waals surface area contributed by atoms with E-state index in [2.05, 4.69) is 15.1 Å². The first kappa shape index (κ1) is 12.2. The van der Waals surface area contributed by atoms with Crippen LogP contribution in [0.2, 0.25) is 0 Å². The van der Waals surface area contributed by atoms with Crippen LogP contribution in [-0.2, 0) is 11.3 Å². The molecule has 2 N–H and O–H groups in total. The topological polar surface area (TPSA) is 79.0 Å². The zero-order valence-corrected chi connectivity index (χ0v) is 10.5. The highest BCUT2D eigenvalue weighted by molar-refractivity contribution is 5.93. The van der Waals surface area contributed by atoms with Gasteiger partial charge in [-0.15, -0.1) is 0 Å². The summed E-state index contributed by atoms with van der Waals surface area (Å²) in [5, 5.41) is 7.25. The number of carbonyl (C=O) groups is 1. The second kappa shape index (κ2) is 5.00. The van der Waals surface area contributed by atoms with Crippen molar-refractivity contribution in [3.05, 3.63) is 59.1 Å². The smallest absolute Gasteiger partial charge is 0.320 e. The lowest BCUT2D eigenvalue weighted by Gasteiger charge is -2.04. The van der Waals surface area contributed by atoms with Crippen molar-refractivity contribution in [3.63, 3.8) is 0 Å². The lowest BCUT2D eigenvalue weighted by molar-refractivity contribution is -0.750. The summed E-state index contributed by atoms with van der Waals surface area (Å²) in [5.41, 5.74) is 0.184. The summed E-state index contributed by atoms with van der Waals surface area (Å²) in [7, 11) is 0. The van der Waals surface area contributed by atoms with E-state index in [9.17, 15) is 9.59 Å². The summed E-state index contributed by atoms with van der Waals surface area (Å²) in [6.45, 7) is -0.0153. The molecule has 3 aromatic rings.